The fourth-order valence-electron chi connectivity index (χ4n) is 6.08. The van der Waals surface area contributed by atoms with Crippen LogP contribution >= 0.6 is 0 Å². The standard InChI is InChI=1S/C25H37N5O2/c1-18-20-15-22(31)30(16-19-9-3-2-4-10-19)25(20)27-24(26-18)21-11-5-6-14-29(21)17-23(32)28-12-7-8-13-28/h19,21H,2-17H2,1H3/t21-/m0/s1. The van der Waals surface area contributed by atoms with Gasteiger partial charge in [0.05, 0.1) is 19.0 Å². The van der Waals surface area contributed by atoms with Crippen LogP contribution in [-0.4, -0.2) is 64.3 Å². The van der Waals surface area contributed by atoms with Crippen LogP contribution in [0.15, 0.2) is 0 Å². The maximum Gasteiger partial charge on any atom is 0.236 e. The molecule has 7 heteroatoms. The molecular weight excluding hydrogens is 402 g/mol. The van der Waals surface area contributed by atoms with E-state index in [1.165, 1.54) is 32.1 Å². The molecule has 7 nitrogen and oxygen atoms in total. The monoisotopic (exact) mass is 439 g/mol. The molecule has 0 bridgehead atoms. The lowest BCUT2D eigenvalue weighted by Crippen LogP contribution is -2.43. The fourth-order valence-corrected chi connectivity index (χ4v) is 6.08. The summed E-state index contributed by atoms with van der Waals surface area (Å²) in [4.78, 5) is 41.9. The summed E-state index contributed by atoms with van der Waals surface area (Å²) in [7, 11) is 0. The Morgan fingerprint density at radius 3 is 2.44 bits per heavy atom. The molecule has 4 heterocycles. The molecule has 1 atom stereocenters. The summed E-state index contributed by atoms with van der Waals surface area (Å²) in [5.74, 6) is 2.64. The number of anilines is 1. The minimum Gasteiger partial charge on any atom is -0.342 e. The van der Waals surface area contributed by atoms with Crippen molar-refractivity contribution in [2.45, 2.75) is 83.6 Å². The van der Waals surface area contributed by atoms with Crippen molar-refractivity contribution in [1.29, 1.82) is 0 Å². The first-order chi connectivity index (χ1) is 15.6. The highest BCUT2D eigenvalue weighted by Crippen LogP contribution is 2.36. The molecule has 3 fully saturated rings. The third-order valence-corrected chi connectivity index (χ3v) is 7.97. The molecule has 5 rings (SSSR count). The molecule has 3 aliphatic heterocycles. The second kappa shape index (κ2) is 9.46. The summed E-state index contributed by atoms with van der Waals surface area (Å²) in [5.41, 5.74) is 1.94. The molecule has 1 aromatic rings. The first-order valence-electron chi connectivity index (χ1n) is 12.8. The highest BCUT2D eigenvalue weighted by Gasteiger charge is 2.36. The van der Waals surface area contributed by atoms with Gasteiger partial charge < -0.3 is 4.90 Å². The van der Waals surface area contributed by atoms with E-state index in [2.05, 4.69) is 4.90 Å². The zero-order valence-corrected chi connectivity index (χ0v) is 19.5. The van der Waals surface area contributed by atoms with E-state index in [1.54, 1.807) is 0 Å². The second-order valence-corrected chi connectivity index (χ2v) is 10.2. The Kier molecular flexibility index (Phi) is 6.44. The van der Waals surface area contributed by atoms with Crippen LogP contribution in [0.25, 0.3) is 0 Å². The van der Waals surface area contributed by atoms with Crippen molar-refractivity contribution in [3.8, 4) is 0 Å². The van der Waals surface area contributed by atoms with Gasteiger partial charge in [-0.2, -0.15) is 0 Å². The molecule has 1 aliphatic carbocycles. The lowest BCUT2D eigenvalue weighted by Gasteiger charge is -2.35. The van der Waals surface area contributed by atoms with Crippen LogP contribution in [-0.2, 0) is 16.0 Å². The molecular formula is C25H37N5O2. The number of carbonyl (C=O) groups excluding carboxylic acids is 2. The summed E-state index contributed by atoms with van der Waals surface area (Å²) in [6, 6.07) is 0.0616. The third-order valence-electron chi connectivity index (χ3n) is 7.97. The molecule has 0 radical (unpaired) electrons. The van der Waals surface area contributed by atoms with Crippen molar-refractivity contribution in [2.75, 3.05) is 37.6 Å². The molecule has 174 valence electrons. The van der Waals surface area contributed by atoms with E-state index in [0.29, 0.717) is 18.9 Å². The minimum absolute atomic E-state index is 0.0616. The molecule has 0 N–H and O–H groups in total. The normalized spacial score (nSPS) is 24.9. The number of piperidine rings is 1. The van der Waals surface area contributed by atoms with Gasteiger partial charge in [-0.3, -0.25) is 19.4 Å². The lowest BCUT2D eigenvalue weighted by molar-refractivity contribution is -0.132. The van der Waals surface area contributed by atoms with Gasteiger partial charge >= 0.3 is 0 Å². The highest BCUT2D eigenvalue weighted by atomic mass is 16.2. The molecule has 0 spiro atoms. The predicted octanol–water partition coefficient (Wildman–Crippen LogP) is 3.40. The number of carbonyl (C=O) groups is 2. The summed E-state index contributed by atoms with van der Waals surface area (Å²) in [5, 5.41) is 0. The second-order valence-electron chi connectivity index (χ2n) is 10.2. The van der Waals surface area contributed by atoms with Crippen LogP contribution in [0.3, 0.4) is 0 Å². The van der Waals surface area contributed by atoms with Crippen LogP contribution in [0.5, 0.6) is 0 Å². The van der Waals surface area contributed by atoms with Gasteiger partial charge in [0, 0.05) is 30.9 Å². The van der Waals surface area contributed by atoms with Gasteiger partial charge in [-0.1, -0.05) is 25.7 Å². The van der Waals surface area contributed by atoms with Gasteiger partial charge in [0.1, 0.15) is 11.6 Å². The van der Waals surface area contributed by atoms with Gasteiger partial charge in [-0.15, -0.1) is 0 Å². The Morgan fingerprint density at radius 1 is 0.938 bits per heavy atom. The fraction of sp³-hybridized carbons (Fsp3) is 0.760. The largest absolute Gasteiger partial charge is 0.342 e. The van der Waals surface area contributed by atoms with E-state index in [0.717, 1.165) is 81.2 Å². The quantitative estimate of drug-likeness (QED) is 0.703. The Balaban J connectivity index is 1.37. The topological polar surface area (TPSA) is 69.6 Å². The Morgan fingerprint density at radius 2 is 1.66 bits per heavy atom. The summed E-state index contributed by atoms with van der Waals surface area (Å²) < 4.78 is 0. The van der Waals surface area contributed by atoms with E-state index in [4.69, 9.17) is 9.97 Å². The van der Waals surface area contributed by atoms with E-state index < -0.39 is 0 Å². The Hall–Kier alpha value is -2.02. The van der Waals surface area contributed by atoms with Crippen LogP contribution in [0.4, 0.5) is 5.82 Å². The number of hydrogen-bond acceptors (Lipinski definition) is 5. The van der Waals surface area contributed by atoms with Gasteiger partial charge in [0.25, 0.3) is 0 Å². The van der Waals surface area contributed by atoms with E-state index >= 15 is 0 Å². The maximum atomic E-state index is 12.9. The zero-order valence-electron chi connectivity index (χ0n) is 19.5. The summed E-state index contributed by atoms with van der Waals surface area (Å²) >= 11 is 0. The molecule has 2 amide bonds. The number of aromatic nitrogens is 2. The average Bonchev–Trinajstić information content (AvgIpc) is 3.45. The van der Waals surface area contributed by atoms with Crippen LogP contribution in [0.2, 0.25) is 0 Å². The number of fused-ring (bicyclic) bond motifs is 1. The molecule has 1 saturated carbocycles. The molecule has 1 aromatic heterocycles. The zero-order chi connectivity index (χ0) is 22.1. The van der Waals surface area contributed by atoms with Crippen LogP contribution in [0.1, 0.15) is 87.3 Å². The van der Waals surface area contributed by atoms with Crippen molar-refractivity contribution in [1.82, 2.24) is 19.8 Å². The van der Waals surface area contributed by atoms with Crippen molar-refractivity contribution in [3.63, 3.8) is 0 Å². The van der Waals surface area contributed by atoms with Crippen molar-refractivity contribution < 1.29 is 9.59 Å². The molecule has 4 aliphatic rings. The van der Waals surface area contributed by atoms with Crippen molar-refractivity contribution in [3.05, 3.63) is 17.1 Å². The van der Waals surface area contributed by atoms with E-state index in [9.17, 15) is 9.59 Å². The van der Waals surface area contributed by atoms with Crippen LogP contribution in [0, 0.1) is 12.8 Å². The number of aryl methyl sites for hydroxylation is 1. The molecule has 32 heavy (non-hydrogen) atoms. The van der Waals surface area contributed by atoms with Gasteiger partial charge in [-0.05, 0) is 57.9 Å². The van der Waals surface area contributed by atoms with Crippen LogP contribution < -0.4 is 4.90 Å². The van der Waals surface area contributed by atoms with Crippen molar-refractivity contribution in [2.24, 2.45) is 5.92 Å². The molecule has 0 aromatic carbocycles. The number of likely N-dealkylation sites (tertiary alicyclic amines) is 2. The lowest BCUT2D eigenvalue weighted by atomic mass is 9.89. The predicted molar refractivity (Wildman–Crippen MR) is 123 cm³/mol. The first-order valence-corrected chi connectivity index (χ1v) is 12.8. The number of hydrogen-bond donors (Lipinski definition) is 0. The van der Waals surface area contributed by atoms with Gasteiger partial charge in [-0.25, -0.2) is 9.97 Å². The number of amides is 2. The van der Waals surface area contributed by atoms with Gasteiger partial charge in [0.2, 0.25) is 11.8 Å². The maximum absolute atomic E-state index is 12.9. The van der Waals surface area contributed by atoms with E-state index in [-0.39, 0.29) is 17.9 Å². The average molecular weight is 440 g/mol. The SMILES string of the molecule is Cc1nc([C@@H]2CCCCN2CC(=O)N2CCCC2)nc2c1CC(=O)N2CC1CCCCC1. The molecule has 2 saturated heterocycles. The number of nitrogens with zero attached hydrogens (tertiary/aromatic N) is 5. The highest BCUT2D eigenvalue weighted by molar-refractivity contribution is 6.00. The van der Waals surface area contributed by atoms with E-state index in [1.807, 2.05) is 16.7 Å². The number of rotatable bonds is 5. The Labute approximate surface area is 191 Å². The summed E-state index contributed by atoms with van der Waals surface area (Å²) in [6.07, 6.45) is 12.2. The van der Waals surface area contributed by atoms with Gasteiger partial charge in [0.15, 0.2) is 0 Å². The smallest absolute Gasteiger partial charge is 0.236 e. The Bertz CT molecular complexity index is 860. The van der Waals surface area contributed by atoms with Crippen molar-refractivity contribution >= 4 is 17.6 Å². The minimum atomic E-state index is 0.0616. The first kappa shape index (κ1) is 21.8. The third kappa shape index (κ3) is 4.41. The summed E-state index contributed by atoms with van der Waals surface area (Å²) in [6.45, 7) is 5.96. The molecule has 0 unspecified atom stereocenters.